The molecule has 0 aromatic heterocycles. The van der Waals surface area contributed by atoms with Crippen LogP contribution in [0, 0.1) is 17.3 Å². The average Bonchev–Trinajstić information content (AvgIpc) is 2.15. The fraction of sp³-hybridized carbons (Fsp3) is 0.867. The number of rotatable bonds is 1. The summed E-state index contributed by atoms with van der Waals surface area (Å²) < 4.78 is 0. The van der Waals surface area contributed by atoms with Crippen molar-refractivity contribution in [3.05, 3.63) is 12.2 Å². The summed E-state index contributed by atoms with van der Waals surface area (Å²) in [6, 6.07) is 0. The van der Waals surface area contributed by atoms with E-state index in [0.717, 1.165) is 5.92 Å². The number of hydrogen-bond acceptors (Lipinski definition) is 1. The van der Waals surface area contributed by atoms with Gasteiger partial charge in [0, 0.05) is 5.54 Å². The van der Waals surface area contributed by atoms with Gasteiger partial charge in [0.2, 0.25) is 0 Å². The molecular weight excluding hydrogens is 194 g/mol. The van der Waals surface area contributed by atoms with Gasteiger partial charge in [0.05, 0.1) is 0 Å². The van der Waals surface area contributed by atoms with Crippen LogP contribution in [0.3, 0.4) is 0 Å². The van der Waals surface area contributed by atoms with Crippen molar-refractivity contribution < 1.29 is 0 Å². The van der Waals surface area contributed by atoms with E-state index in [4.69, 9.17) is 5.73 Å². The Morgan fingerprint density at radius 3 is 2.56 bits per heavy atom. The quantitative estimate of drug-likeness (QED) is 0.668. The fourth-order valence-electron chi connectivity index (χ4n) is 4.22. The molecule has 0 unspecified atom stereocenters. The van der Waals surface area contributed by atoms with Gasteiger partial charge in [-0.2, -0.15) is 0 Å². The van der Waals surface area contributed by atoms with Crippen LogP contribution in [0.2, 0.25) is 0 Å². The zero-order valence-electron chi connectivity index (χ0n) is 11.2. The minimum absolute atomic E-state index is 0.0567. The van der Waals surface area contributed by atoms with Gasteiger partial charge in [0.15, 0.2) is 0 Å². The van der Waals surface area contributed by atoms with E-state index in [1.165, 1.54) is 44.1 Å². The predicted octanol–water partition coefficient (Wildman–Crippen LogP) is 3.89. The molecule has 0 aromatic rings. The Morgan fingerprint density at radius 1 is 1.25 bits per heavy atom. The zero-order chi connectivity index (χ0) is 12.0. The van der Waals surface area contributed by atoms with Crippen molar-refractivity contribution in [3.8, 4) is 0 Å². The van der Waals surface area contributed by atoms with Crippen LogP contribution in [0.15, 0.2) is 12.2 Å². The van der Waals surface area contributed by atoms with E-state index < -0.39 is 0 Å². The Kier molecular flexibility index (Phi) is 2.94. The Bertz CT molecular complexity index is 292. The standard InChI is InChI=1S/C15H27N/c1-11(2)12-6-9-14(3)7-5-8-15(4,16)13(14)10-12/h12-13H,1,5-10,16H2,2-4H3/t12-,13+,14+,15+/m0/s1. The van der Waals surface area contributed by atoms with Crippen molar-refractivity contribution >= 4 is 0 Å². The molecule has 0 aromatic carbocycles. The van der Waals surface area contributed by atoms with Crippen LogP contribution in [0.5, 0.6) is 0 Å². The maximum Gasteiger partial charge on any atom is 0.0159 e. The van der Waals surface area contributed by atoms with Crippen molar-refractivity contribution in [3.63, 3.8) is 0 Å². The van der Waals surface area contributed by atoms with Gasteiger partial charge in [0.25, 0.3) is 0 Å². The van der Waals surface area contributed by atoms with E-state index in [1.54, 1.807) is 0 Å². The highest BCUT2D eigenvalue weighted by atomic mass is 14.8. The lowest BCUT2D eigenvalue weighted by Crippen LogP contribution is -2.56. The summed E-state index contributed by atoms with van der Waals surface area (Å²) in [5.41, 5.74) is 8.48. The molecule has 2 fully saturated rings. The summed E-state index contributed by atoms with van der Waals surface area (Å²) in [6.07, 6.45) is 7.86. The van der Waals surface area contributed by atoms with Gasteiger partial charge in [0.1, 0.15) is 0 Å². The molecule has 4 atom stereocenters. The minimum Gasteiger partial charge on any atom is -0.325 e. The Hall–Kier alpha value is -0.300. The van der Waals surface area contributed by atoms with Gasteiger partial charge in [-0.15, -0.1) is 0 Å². The van der Waals surface area contributed by atoms with Crippen molar-refractivity contribution in [2.45, 2.75) is 64.8 Å². The largest absolute Gasteiger partial charge is 0.325 e. The lowest BCUT2D eigenvalue weighted by atomic mass is 9.52. The monoisotopic (exact) mass is 221 g/mol. The van der Waals surface area contributed by atoms with E-state index in [1.807, 2.05) is 0 Å². The lowest BCUT2D eigenvalue weighted by molar-refractivity contribution is -0.00848. The summed E-state index contributed by atoms with van der Waals surface area (Å²) in [4.78, 5) is 0. The van der Waals surface area contributed by atoms with E-state index >= 15 is 0 Å². The highest BCUT2D eigenvalue weighted by molar-refractivity contribution is 5.08. The SMILES string of the molecule is C=C(C)[C@H]1CC[C@@]2(C)CCC[C@@](C)(N)[C@@H]2C1. The highest BCUT2D eigenvalue weighted by Crippen LogP contribution is 2.55. The molecule has 0 heterocycles. The highest BCUT2D eigenvalue weighted by Gasteiger charge is 2.49. The Labute approximate surface area is 100 Å². The van der Waals surface area contributed by atoms with Crippen molar-refractivity contribution in [2.24, 2.45) is 23.0 Å². The summed E-state index contributed by atoms with van der Waals surface area (Å²) in [6.45, 7) is 11.1. The maximum absolute atomic E-state index is 6.55. The third-order valence-corrected chi connectivity index (χ3v) is 5.38. The molecule has 0 spiro atoms. The van der Waals surface area contributed by atoms with Crippen LogP contribution in [-0.2, 0) is 0 Å². The first-order valence-electron chi connectivity index (χ1n) is 6.79. The number of fused-ring (bicyclic) bond motifs is 1. The molecule has 1 heteroatoms. The molecule has 0 saturated heterocycles. The van der Waals surface area contributed by atoms with Gasteiger partial charge in [-0.3, -0.25) is 0 Å². The molecule has 0 aliphatic heterocycles. The average molecular weight is 221 g/mol. The second-order valence-corrected chi connectivity index (χ2v) is 6.88. The third-order valence-electron chi connectivity index (χ3n) is 5.38. The van der Waals surface area contributed by atoms with E-state index in [2.05, 4.69) is 27.4 Å². The Morgan fingerprint density at radius 2 is 1.94 bits per heavy atom. The molecule has 0 radical (unpaired) electrons. The van der Waals surface area contributed by atoms with Crippen molar-refractivity contribution in [1.82, 2.24) is 0 Å². The van der Waals surface area contributed by atoms with Gasteiger partial charge in [-0.05, 0) is 63.2 Å². The molecule has 92 valence electrons. The minimum atomic E-state index is 0.0567. The molecule has 2 N–H and O–H groups in total. The number of allylic oxidation sites excluding steroid dienone is 1. The van der Waals surface area contributed by atoms with E-state index in [9.17, 15) is 0 Å². The maximum atomic E-state index is 6.55. The van der Waals surface area contributed by atoms with Crippen molar-refractivity contribution in [2.75, 3.05) is 0 Å². The molecule has 2 aliphatic rings. The second-order valence-electron chi connectivity index (χ2n) is 6.88. The number of nitrogens with two attached hydrogens (primary N) is 1. The molecule has 2 rings (SSSR count). The van der Waals surface area contributed by atoms with Gasteiger partial charge in [-0.1, -0.05) is 25.5 Å². The first-order chi connectivity index (χ1) is 7.35. The van der Waals surface area contributed by atoms with Gasteiger partial charge in [-0.25, -0.2) is 0 Å². The molecule has 2 aliphatic carbocycles. The molecule has 2 saturated carbocycles. The first-order valence-corrected chi connectivity index (χ1v) is 6.79. The van der Waals surface area contributed by atoms with E-state index in [-0.39, 0.29) is 5.54 Å². The smallest absolute Gasteiger partial charge is 0.0159 e. The summed E-state index contributed by atoms with van der Waals surface area (Å²) in [7, 11) is 0. The lowest BCUT2D eigenvalue weighted by Gasteiger charge is -2.55. The summed E-state index contributed by atoms with van der Waals surface area (Å²) in [5.74, 6) is 1.42. The van der Waals surface area contributed by atoms with E-state index in [0.29, 0.717) is 11.3 Å². The molecular formula is C15H27N. The van der Waals surface area contributed by atoms with Crippen molar-refractivity contribution in [1.29, 1.82) is 0 Å². The van der Waals surface area contributed by atoms with Gasteiger partial charge >= 0.3 is 0 Å². The van der Waals surface area contributed by atoms with Crippen LogP contribution in [-0.4, -0.2) is 5.54 Å². The van der Waals surface area contributed by atoms with Crippen LogP contribution in [0.4, 0.5) is 0 Å². The molecule has 1 nitrogen and oxygen atoms in total. The molecule has 16 heavy (non-hydrogen) atoms. The van der Waals surface area contributed by atoms with Crippen LogP contribution in [0.1, 0.15) is 59.3 Å². The summed E-state index contributed by atoms with van der Waals surface area (Å²) in [5, 5.41) is 0. The van der Waals surface area contributed by atoms with Crippen LogP contribution >= 0.6 is 0 Å². The molecule has 0 amide bonds. The summed E-state index contributed by atoms with van der Waals surface area (Å²) >= 11 is 0. The second kappa shape index (κ2) is 3.87. The molecule has 0 bridgehead atoms. The predicted molar refractivity (Wildman–Crippen MR) is 70.2 cm³/mol. The van der Waals surface area contributed by atoms with Crippen LogP contribution in [0.25, 0.3) is 0 Å². The van der Waals surface area contributed by atoms with Gasteiger partial charge < -0.3 is 5.73 Å². The topological polar surface area (TPSA) is 26.0 Å². The number of hydrogen-bond donors (Lipinski definition) is 1. The van der Waals surface area contributed by atoms with Crippen LogP contribution < -0.4 is 5.73 Å². The fourth-order valence-corrected chi connectivity index (χ4v) is 4.22. The normalized spacial score (nSPS) is 48.5. The third kappa shape index (κ3) is 1.95. The Balaban J connectivity index is 2.21. The zero-order valence-corrected chi connectivity index (χ0v) is 11.2. The first kappa shape index (κ1) is 12.2.